The van der Waals surface area contributed by atoms with Crippen LogP contribution in [0.2, 0.25) is 5.02 Å². The molecule has 1 heterocycles. The predicted molar refractivity (Wildman–Crippen MR) is 154 cm³/mol. The van der Waals surface area contributed by atoms with Crippen molar-refractivity contribution in [3.8, 4) is 11.1 Å². The van der Waals surface area contributed by atoms with Crippen LogP contribution in [0.5, 0.6) is 0 Å². The fourth-order valence-corrected chi connectivity index (χ4v) is 4.39. The Morgan fingerprint density at radius 2 is 1.84 bits per heavy atom. The lowest BCUT2D eigenvalue weighted by atomic mass is 10.00. The van der Waals surface area contributed by atoms with Crippen molar-refractivity contribution < 1.29 is 14.7 Å². The molecule has 194 valence electrons. The Bertz CT molecular complexity index is 1280. The van der Waals surface area contributed by atoms with Crippen LogP contribution in [-0.4, -0.2) is 40.5 Å². The van der Waals surface area contributed by atoms with E-state index in [1.807, 2.05) is 60.4 Å². The van der Waals surface area contributed by atoms with Crippen molar-refractivity contribution in [3.63, 3.8) is 0 Å². The van der Waals surface area contributed by atoms with Gasteiger partial charge in [-0.1, -0.05) is 74.5 Å². The normalized spacial score (nSPS) is 11.5. The Balaban J connectivity index is 0.00000153. The van der Waals surface area contributed by atoms with E-state index < -0.39 is 0 Å². The van der Waals surface area contributed by atoms with Gasteiger partial charge in [-0.15, -0.1) is 0 Å². The molecular weight excluding hydrogens is 484 g/mol. The molecule has 1 aromatic heterocycles. The van der Waals surface area contributed by atoms with Gasteiger partial charge in [-0.3, -0.25) is 14.6 Å². The zero-order valence-corrected chi connectivity index (χ0v) is 22.5. The van der Waals surface area contributed by atoms with Crippen molar-refractivity contribution in [1.82, 2.24) is 9.88 Å². The molecule has 1 N–H and O–H groups in total. The first kappa shape index (κ1) is 29.5. The molecular formula is C31H35ClN2O3. The van der Waals surface area contributed by atoms with E-state index >= 15 is 0 Å². The number of halogens is 1. The second kappa shape index (κ2) is 15.4. The maximum Gasteiger partial charge on any atom is 0.290 e. The molecule has 0 aliphatic carbocycles. The molecule has 0 aliphatic rings. The minimum atomic E-state index is -0.250. The van der Waals surface area contributed by atoms with Crippen LogP contribution in [0.3, 0.4) is 0 Å². The lowest BCUT2D eigenvalue weighted by Crippen LogP contribution is -2.34. The minimum absolute atomic E-state index is 0.0453. The molecule has 0 spiro atoms. The van der Waals surface area contributed by atoms with Crippen molar-refractivity contribution >= 4 is 34.9 Å². The summed E-state index contributed by atoms with van der Waals surface area (Å²) in [6.07, 6.45) is 10.4. The number of carbonyl (C=O) groups excluding carboxylic acids is 1. The van der Waals surface area contributed by atoms with Gasteiger partial charge in [-0.25, -0.2) is 0 Å². The summed E-state index contributed by atoms with van der Waals surface area (Å²) >= 11 is 6.67. The van der Waals surface area contributed by atoms with Crippen LogP contribution in [0.25, 0.3) is 22.0 Å². The smallest absolute Gasteiger partial charge is 0.290 e. The minimum Gasteiger partial charge on any atom is -0.483 e. The standard InChI is InChI=1S/C30H33ClN2O.CH2O2/c1-5-9-11-26(22(7-3)8-4)21-33(18-6-2)30(34)27-16-15-24(19-28(27)31)25-14-13-23-12-10-17-32-29(23)20-25;2-1-3/h5,7,9-10,12-17,19-20H,3,6,8,11,18,21H2,1-2,4H3;1H,(H,2,3)/b9-5-,26-22-;. The Labute approximate surface area is 224 Å². The number of pyridine rings is 1. The number of carboxylic acid groups (broad SMARTS) is 1. The summed E-state index contributed by atoms with van der Waals surface area (Å²) in [7, 11) is 0. The van der Waals surface area contributed by atoms with Gasteiger partial charge in [0.05, 0.1) is 16.1 Å². The topological polar surface area (TPSA) is 70.5 Å². The highest BCUT2D eigenvalue weighted by Gasteiger charge is 2.20. The van der Waals surface area contributed by atoms with Crippen LogP contribution in [0, 0.1) is 0 Å². The summed E-state index contributed by atoms with van der Waals surface area (Å²) in [6, 6.07) is 15.8. The first-order valence-electron chi connectivity index (χ1n) is 12.4. The second-order valence-electron chi connectivity index (χ2n) is 8.40. The number of hydrogen-bond acceptors (Lipinski definition) is 3. The molecule has 0 aliphatic heterocycles. The molecule has 2 aromatic carbocycles. The van der Waals surface area contributed by atoms with E-state index in [1.54, 1.807) is 6.20 Å². The first-order valence-corrected chi connectivity index (χ1v) is 12.8. The van der Waals surface area contributed by atoms with Gasteiger partial charge in [0.15, 0.2) is 0 Å². The summed E-state index contributed by atoms with van der Waals surface area (Å²) < 4.78 is 0. The van der Waals surface area contributed by atoms with Gasteiger partial charge in [0.25, 0.3) is 12.4 Å². The molecule has 0 bridgehead atoms. The number of rotatable bonds is 10. The molecule has 37 heavy (non-hydrogen) atoms. The van der Waals surface area contributed by atoms with Crippen LogP contribution in [0.4, 0.5) is 0 Å². The number of carbonyl (C=O) groups is 2. The van der Waals surface area contributed by atoms with Crippen molar-refractivity contribution in [2.24, 2.45) is 0 Å². The quantitative estimate of drug-likeness (QED) is 0.168. The fourth-order valence-electron chi connectivity index (χ4n) is 4.13. The molecule has 3 aromatic rings. The largest absolute Gasteiger partial charge is 0.483 e. The highest BCUT2D eigenvalue weighted by atomic mass is 35.5. The molecule has 5 nitrogen and oxygen atoms in total. The number of fused-ring (bicyclic) bond motifs is 1. The fraction of sp³-hybridized carbons (Fsp3) is 0.258. The number of hydrogen-bond donors (Lipinski definition) is 1. The summed E-state index contributed by atoms with van der Waals surface area (Å²) in [5.74, 6) is -0.0453. The molecule has 1 amide bonds. The number of nitrogens with zero attached hydrogens (tertiary/aromatic N) is 2. The number of benzene rings is 2. The van der Waals surface area contributed by atoms with Gasteiger partial charge in [-0.2, -0.15) is 0 Å². The van der Waals surface area contributed by atoms with E-state index in [1.165, 1.54) is 11.1 Å². The van der Waals surface area contributed by atoms with Crippen LogP contribution in [0.15, 0.2) is 90.7 Å². The molecule has 0 saturated carbocycles. The van der Waals surface area contributed by atoms with E-state index in [4.69, 9.17) is 21.5 Å². The van der Waals surface area contributed by atoms with Gasteiger partial charge >= 0.3 is 0 Å². The molecule has 3 rings (SSSR count). The Morgan fingerprint density at radius 3 is 2.46 bits per heavy atom. The maximum absolute atomic E-state index is 13.6. The zero-order chi connectivity index (χ0) is 27.2. The third-order valence-corrected chi connectivity index (χ3v) is 6.30. The molecule has 0 saturated heterocycles. The summed E-state index contributed by atoms with van der Waals surface area (Å²) in [4.78, 5) is 28.3. The van der Waals surface area contributed by atoms with Gasteiger partial charge in [0.2, 0.25) is 0 Å². The number of amides is 1. The zero-order valence-electron chi connectivity index (χ0n) is 21.8. The van der Waals surface area contributed by atoms with E-state index in [0.29, 0.717) is 23.7 Å². The third kappa shape index (κ3) is 8.16. The summed E-state index contributed by atoms with van der Waals surface area (Å²) in [6.45, 7) is 11.2. The molecule has 0 fully saturated rings. The molecule has 6 heteroatoms. The van der Waals surface area contributed by atoms with Gasteiger partial charge in [0.1, 0.15) is 0 Å². The highest BCUT2D eigenvalue weighted by molar-refractivity contribution is 6.34. The monoisotopic (exact) mass is 518 g/mol. The third-order valence-electron chi connectivity index (χ3n) is 5.98. The Morgan fingerprint density at radius 1 is 1.14 bits per heavy atom. The molecule has 0 atom stereocenters. The average Bonchev–Trinajstić information content (AvgIpc) is 2.91. The highest BCUT2D eigenvalue weighted by Crippen LogP contribution is 2.29. The van der Waals surface area contributed by atoms with Crippen LogP contribution >= 0.6 is 11.6 Å². The van der Waals surface area contributed by atoms with Crippen LogP contribution in [0.1, 0.15) is 50.4 Å². The van der Waals surface area contributed by atoms with Crippen molar-refractivity contribution in [1.29, 1.82) is 0 Å². The lowest BCUT2D eigenvalue weighted by molar-refractivity contribution is -0.122. The van der Waals surface area contributed by atoms with Gasteiger partial charge in [-0.05, 0) is 72.7 Å². The Kier molecular flexibility index (Phi) is 12.3. The van der Waals surface area contributed by atoms with E-state index in [-0.39, 0.29) is 12.4 Å². The summed E-state index contributed by atoms with van der Waals surface area (Å²) in [5.41, 5.74) is 5.85. The first-order chi connectivity index (χ1) is 17.9. The lowest BCUT2D eigenvalue weighted by Gasteiger charge is -2.25. The molecule has 0 unspecified atom stereocenters. The maximum atomic E-state index is 13.6. The second-order valence-corrected chi connectivity index (χ2v) is 8.80. The number of allylic oxidation sites excluding steroid dienone is 4. The van der Waals surface area contributed by atoms with E-state index in [9.17, 15) is 4.79 Å². The van der Waals surface area contributed by atoms with Crippen molar-refractivity contribution in [2.45, 2.75) is 40.0 Å². The van der Waals surface area contributed by atoms with Crippen LogP contribution < -0.4 is 0 Å². The molecule has 0 radical (unpaired) electrons. The SMILES string of the molecule is C=C/C(CC)=C(\C/C=C\C)CN(CCC)C(=O)c1ccc(-c2ccc3cccnc3c2)cc1Cl.O=CO. The van der Waals surface area contributed by atoms with E-state index in [2.05, 4.69) is 43.6 Å². The summed E-state index contributed by atoms with van der Waals surface area (Å²) in [5, 5.41) is 8.44. The Hall–Kier alpha value is -3.70. The van der Waals surface area contributed by atoms with Crippen molar-refractivity contribution in [2.75, 3.05) is 13.1 Å². The van der Waals surface area contributed by atoms with Gasteiger partial charge in [0, 0.05) is 24.7 Å². The van der Waals surface area contributed by atoms with Crippen molar-refractivity contribution in [3.05, 3.63) is 101 Å². The van der Waals surface area contributed by atoms with E-state index in [0.717, 1.165) is 41.3 Å². The van der Waals surface area contributed by atoms with Gasteiger partial charge < -0.3 is 10.0 Å². The van der Waals surface area contributed by atoms with Crippen LogP contribution in [-0.2, 0) is 4.79 Å². The average molecular weight is 519 g/mol. The predicted octanol–water partition coefficient (Wildman–Crippen LogP) is 7.97. The number of aromatic nitrogens is 1.